The molecule has 0 aliphatic rings. The molecular formula is C15H15ClN4OS2. The second kappa shape index (κ2) is 8.90. The van der Waals surface area contributed by atoms with Crippen molar-refractivity contribution in [2.45, 2.75) is 17.1 Å². The Morgan fingerprint density at radius 1 is 1.35 bits per heavy atom. The highest BCUT2D eigenvalue weighted by atomic mass is 35.5. The molecule has 0 bridgehead atoms. The molecule has 0 radical (unpaired) electrons. The fraction of sp³-hybridized carbons (Fsp3) is 0.200. The van der Waals surface area contributed by atoms with Crippen LogP contribution in [-0.2, 0) is 4.79 Å². The van der Waals surface area contributed by atoms with Crippen LogP contribution in [0.4, 0.5) is 0 Å². The number of hydrazone groups is 1. The van der Waals surface area contributed by atoms with Crippen LogP contribution in [0, 0.1) is 6.92 Å². The van der Waals surface area contributed by atoms with Gasteiger partial charge in [0.15, 0.2) is 5.16 Å². The molecule has 5 nitrogen and oxygen atoms in total. The van der Waals surface area contributed by atoms with Crippen molar-refractivity contribution in [3.63, 3.8) is 0 Å². The molecule has 0 spiro atoms. The lowest BCUT2D eigenvalue weighted by molar-refractivity contribution is -0.118. The maximum Gasteiger partial charge on any atom is 0.250 e. The molecule has 1 heterocycles. The second-order valence-electron chi connectivity index (χ2n) is 4.47. The van der Waals surface area contributed by atoms with Crippen molar-refractivity contribution in [3.05, 3.63) is 46.6 Å². The fourth-order valence-corrected chi connectivity index (χ4v) is 2.94. The minimum Gasteiger partial charge on any atom is -0.272 e. The Labute approximate surface area is 148 Å². The Morgan fingerprint density at radius 3 is 2.78 bits per heavy atom. The Balaban J connectivity index is 1.83. The van der Waals surface area contributed by atoms with Gasteiger partial charge in [-0.2, -0.15) is 5.10 Å². The largest absolute Gasteiger partial charge is 0.272 e. The Morgan fingerprint density at radius 2 is 2.09 bits per heavy atom. The van der Waals surface area contributed by atoms with Crippen LogP contribution in [-0.4, -0.2) is 34.1 Å². The zero-order valence-electron chi connectivity index (χ0n) is 12.6. The van der Waals surface area contributed by atoms with Crippen molar-refractivity contribution in [2.24, 2.45) is 5.10 Å². The summed E-state index contributed by atoms with van der Waals surface area (Å²) >= 11 is 8.63. The smallest absolute Gasteiger partial charge is 0.250 e. The lowest BCUT2D eigenvalue weighted by Crippen LogP contribution is -2.19. The molecule has 0 atom stereocenters. The first-order chi connectivity index (χ1) is 11.1. The van der Waals surface area contributed by atoms with Gasteiger partial charge in [-0.1, -0.05) is 47.3 Å². The van der Waals surface area contributed by atoms with Crippen LogP contribution in [0.1, 0.15) is 11.3 Å². The van der Waals surface area contributed by atoms with Gasteiger partial charge in [0.1, 0.15) is 5.03 Å². The summed E-state index contributed by atoms with van der Waals surface area (Å²) in [5, 5.41) is 6.06. The van der Waals surface area contributed by atoms with E-state index in [-0.39, 0.29) is 11.7 Å². The topological polar surface area (TPSA) is 67.2 Å². The van der Waals surface area contributed by atoms with Crippen LogP contribution in [0.25, 0.3) is 0 Å². The maximum absolute atomic E-state index is 11.8. The molecule has 8 heteroatoms. The molecule has 0 aliphatic heterocycles. The molecule has 0 saturated heterocycles. The minimum absolute atomic E-state index is 0.192. The molecule has 0 unspecified atom stereocenters. The van der Waals surface area contributed by atoms with E-state index in [4.69, 9.17) is 11.6 Å². The first-order valence-corrected chi connectivity index (χ1v) is 9.25. The van der Waals surface area contributed by atoms with Crippen molar-refractivity contribution < 1.29 is 4.79 Å². The number of hydrogen-bond acceptors (Lipinski definition) is 6. The quantitative estimate of drug-likeness (QED) is 0.279. The van der Waals surface area contributed by atoms with E-state index in [2.05, 4.69) is 20.5 Å². The average molecular weight is 367 g/mol. The Bertz CT molecular complexity index is 707. The van der Waals surface area contributed by atoms with Crippen LogP contribution >= 0.6 is 35.1 Å². The third-order valence-electron chi connectivity index (χ3n) is 2.62. The predicted molar refractivity (Wildman–Crippen MR) is 96.5 cm³/mol. The van der Waals surface area contributed by atoms with E-state index in [0.29, 0.717) is 10.2 Å². The number of rotatable bonds is 6. The van der Waals surface area contributed by atoms with Crippen molar-refractivity contribution in [1.82, 2.24) is 15.4 Å². The maximum atomic E-state index is 11.8. The standard InChI is InChI=1S/C15H15ClN4OS2/c1-10-7-14(19-15(18-10)22-2)23-9-13(21)20-17-8-11-3-5-12(16)6-4-11/h3-8H,9H2,1-2H3,(H,20,21). The van der Waals surface area contributed by atoms with E-state index in [1.807, 2.05) is 31.4 Å². The van der Waals surface area contributed by atoms with E-state index in [1.54, 1.807) is 18.3 Å². The van der Waals surface area contributed by atoms with Gasteiger partial charge >= 0.3 is 0 Å². The molecule has 23 heavy (non-hydrogen) atoms. The number of carbonyl (C=O) groups excluding carboxylic acids is 1. The summed E-state index contributed by atoms with van der Waals surface area (Å²) in [7, 11) is 0. The average Bonchev–Trinajstić information content (AvgIpc) is 2.54. The predicted octanol–water partition coefficient (Wildman–Crippen LogP) is 3.40. The molecule has 120 valence electrons. The molecule has 1 N–H and O–H groups in total. The number of aryl methyl sites for hydroxylation is 1. The highest BCUT2D eigenvalue weighted by molar-refractivity contribution is 8.00. The van der Waals surface area contributed by atoms with Crippen LogP contribution in [0.3, 0.4) is 0 Å². The number of hydrogen-bond donors (Lipinski definition) is 1. The zero-order valence-corrected chi connectivity index (χ0v) is 15.0. The van der Waals surface area contributed by atoms with Gasteiger partial charge < -0.3 is 0 Å². The Hall–Kier alpha value is -1.57. The molecule has 1 aromatic heterocycles. The molecule has 0 fully saturated rings. The number of benzene rings is 1. The van der Waals surface area contributed by atoms with Gasteiger partial charge in [-0.25, -0.2) is 15.4 Å². The van der Waals surface area contributed by atoms with Gasteiger partial charge in [0, 0.05) is 10.7 Å². The lowest BCUT2D eigenvalue weighted by atomic mass is 10.2. The van der Waals surface area contributed by atoms with E-state index >= 15 is 0 Å². The SMILES string of the molecule is CSc1nc(C)cc(SCC(=O)NN=Cc2ccc(Cl)cc2)n1. The summed E-state index contributed by atoms with van der Waals surface area (Å²) in [4.78, 5) is 20.4. The molecule has 0 saturated carbocycles. The van der Waals surface area contributed by atoms with Crippen molar-refractivity contribution in [3.8, 4) is 0 Å². The molecule has 0 aliphatic carbocycles. The molecule has 1 amide bonds. The number of halogens is 1. The highest BCUT2D eigenvalue weighted by Gasteiger charge is 2.05. The summed E-state index contributed by atoms with van der Waals surface area (Å²) in [5.41, 5.74) is 4.23. The molecule has 2 aromatic rings. The van der Waals surface area contributed by atoms with Gasteiger partial charge in [-0.3, -0.25) is 4.79 Å². The first-order valence-electron chi connectivity index (χ1n) is 6.67. The van der Waals surface area contributed by atoms with Crippen molar-refractivity contribution in [2.75, 3.05) is 12.0 Å². The summed E-state index contributed by atoms with van der Waals surface area (Å²) < 4.78 is 0. The van der Waals surface area contributed by atoms with Gasteiger partial charge in [0.05, 0.1) is 12.0 Å². The minimum atomic E-state index is -0.192. The number of amides is 1. The number of carbonyl (C=O) groups is 1. The van der Waals surface area contributed by atoms with E-state index < -0.39 is 0 Å². The normalized spacial score (nSPS) is 10.9. The van der Waals surface area contributed by atoms with E-state index in [0.717, 1.165) is 16.3 Å². The van der Waals surface area contributed by atoms with Crippen LogP contribution in [0.15, 0.2) is 45.6 Å². The monoisotopic (exact) mass is 366 g/mol. The number of nitrogens with one attached hydrogen (secondary N) is 1. The third-order valence-corrected chi connectivity index (χ3v) is 4.33. The van der Waals surface area contributed by atoms with E-state index in [9.17, 15) is 4.79 Å². The van der Waals surface area contributed by atoms with Gasteiger partial charge in [0.2, 0.25) is 5.91 Å². The summed E-state index contributed by atoms with van der Waals surface area (Å²) in [5.74, 6) is 0.0459. The van der Waals surface area contributed by atoms with Crippen LogP contribution < -0.4 is 5.43 Å². The zero-order chi connectivity index (χ0) is 16.7. The second-order valence-corrected chi connectivity index (χ2v) is 6.67. The molecule has 1 aromatic carbocycles. The molecular weight excluding hydrogens is 352 g/mol. The van der Waals surface area contributed by atoms with Crippen LogP contribution in [0.5, 0.6) is 0 Å². The first kappa shape index (κ1) is 17.8. The Kier molecular flexibility index (Phi) is 6.88. The van der Waals surface area contributed by atoms with Gasteiger partial charge in [-0.15, -0.1) is 0 Å². The molecule has 2 rings (SSSR count). The number of aromatic nitrogens is 2. The highest BCUT2D eigenvalue weighted by Crippen LogP contribution is 2.19. The number of thioether (sulfide) groups is 2. The van der Waals surface area contributed by atoms with Crippen molar-refractivity contribution >= 4 is 47.2 Å². The summed E-state index contributed by atoms with van der Waals surface area (Å²) in [6, 6.07) is 9.03. The van der Waals surface area contributed by atoms with Gasteiger partial charge in [-0.05, 0) is 36.9 Å². The summed E-state index contributed by atoms with van der Waals surface area (Å²) in [6.45, 7) is 1.90. The van der Waals surface area contributed by atoms with E-state index in [1.165, 1.54) is 23.5 Å². The lowest BCUT2D eigenvalue weighted by Gasteiger charge is -2.03. The third kappa shape index (κ3) is 6.21. The summed E-state index contributed by atoms with van der Waals surface area (Å²) in [6.07, 6.45) is 3.49. The van der Waals surface area contributed by atoms with Crippen LogP contribution in [0.2, 0.25) is 5.02 Å². The van der Waals surface area contributed by atoms with Crippen molar-refractivity contribution in [1.29, 1.82) is 0 Å². The number of nitrogens with zero attached hydrogens (tertiary/aromatic N) is 3. The van der Waals surface area contributed by atoms with Gasteiger partial charge in [0.25, 0.3) is 0 Å². The fourth-order valence-electron chi connectivity index (χ4n) is 1.58.